The molecule has 0 fully saturated rings. The van der Waals surface area contributed by atoms with Crippen molar-refractivity contribution < 1.29 is 15.0 Å². The Balaban J connectivity index is 0. The van der Waals surface area contributed by atoms with Gasteiger partial charge in [0.2, 0.25) is 0 Å². The van der Waals surface area contributed by atoms with E-state index in [9.17, 15) is 4.79 Å². The van der Waals surface area contributed by atoms with Gasteiger partial charge >= 0.3 is 5.97 Å². The van der Waals surface area contributed by atoms with Gasteiger partial charge in [-0.15, -0.1) is 0 Å². The summed E-state index contributed by atoms with van der Waals surface area (Å²) in [6, 6.07) is 0. The summed E-state index contributed by atoms with van der Waals surface area (Å²) in [6.07, 6.45) is 22.2. The second-order valence-electron chi connectivity index (χ2n) is 7.11. The fraction of sp³-hybridized carbons (Fsp3) is 0.864. The van der Waals surface area contributed by atoms with Gasteiger partial charge in [0.1, 0.15) is 0 Å². The highest BCUT2D eigenvalue weighted by Crippen LogP contribution is 2.13. The Kier molecular flexibility index (Phi) is 24.5. The third kappa shape index (κ3) is 28.3. The first-order valence-electron chi connectivity index (χ1n) is 10.6. The van der Waals surface area contributed by atoms with Gasteiger partial charge in [0.15, 0.2) is 0 Å². The lowest BCUT2D eigenvalue weighted by atomic mass is 10.0. The summed E-state index contributed by atoms with van der Waals surface area (Å²) in [5.41, 5.74) is 0.176. The predicted molar refractivity (Wildman–Crippen MR) is 109 cm³/mol. The van der Waals surface area contributed by atoms with Gasteiger partial charge in [-0.2, -0.15) is 0 Å². The number of hydrogen-bond acceptors (Lipinski definition) is 2. The number of hydrogen-bond donors (Lipinski definition) is 2. The van der Waals surface area contributed by atoms with Crippen LogP contribution in [0.3, 0.4) is 0 Å². The molecule has 0 amide bonds. The minimum atomic E-state index is -0.935. The summed E-state index contributed by atoms with van der Waals surface area (Å²) in [6.45, 7) is 7.26. The maximum Gasteiger partial charge on any atom is 0.330 e. The second-order valence-corrected chi connectivity index (χ2v) is 7.11. The number of carboxylic acid groups (broad SMARTS) is 1. The van der Waals surface area contributed by atoms with Crippen LogP contribution < -0.4 is 0 Å². The van der Waals surface area contributed by atoms with Crippen LogP contribution in [0.15, 0.2) is 12.2 Å². The fourth-order valence-corrected chi connectivity index (χ4v) is 2.66. The number of carbonyl (C=O) groups is 1. The molecule has 0 aromatic rings. The van der Waals surface area contributed by atoms with E-state index in [-0.39, 0.29) is 5.57 Å². The van der Waals surface area contributed by atoms with Crippen molar-refractivity contribution in [3.8, 4) is 0 Å². The summed E-state index contributed by atoms with van der Waals surface area (Å²) < 4.78 is 0. The molecule has 0 rings (SSSR count). The topological polar surface area (TPSA) is 57.5 Å². The van der Waals surface area contributed by atoms with E-state index in [1.54, 1.807) is 0 Å². The van der Waals surface area contributed by atoms with Crippen LogP contribution in [0.4, 0.5) is 0 Å². The van der Waals surface area contributed by atoms with Crippen molar-refractivity contribution in [1.29, 1.82) is 0 Å². The molecule has 0 heterocycles. The van der Waals surface area contributed by atoms with Gasteiger partial charge in [-0.3, -0.25) is 0 Å². The zero-order valence-corrected chi connectivity index (χ0v) is 17.0. The molecule has 0 bridgehead atoms. The van der Waals surface area contributed by atoms with Crippen molar-refractivity contribution in [3.05, 3.63) is 12.2 Å². The van der Waals surface area contributed by atoms with Gasteiger partial charge in [0, 0.05) is 12.2 Å². The Morgan fingerprint density at radius 1 is 0.680 bits per heavy atom. The maximum atomic E-state index is 9.60. The summed E-state index contributed by atoms with van der Waals surface area (Å²) in [4.78, 5) is 9.60. The van der Waals surface area contributed by atoms with Crippen LogP contribution in [-0.2, 0) is 4.79 Å². The molecule has 0 radical (unpaired) electrons. The van der Waals surface area contributed by atoms with Crippen LogP contribution in [0.5, 0.6) is 0 Å². The Morgan fingerprint density at radius 2 is 0.920 bits per heavy atom. The van der Waals surface area contributed by atoms with E-state index < -0.39 is 5.97 Å². The quantitative estimate of drug-likeness (QED) is 0.220. The van der Waals surface area contributed by atoms with E-state index in [2.05, 4.69) is 13.5 Å². The molecular weight excluding hydrogens is 312 g/mol. The molecule has 0 aliphatic rings. The third-order valence-electron chi connectivity index (χ3n) is 4.38. The molecule has 0 aromatic carbocycles. The van der Waals surface area contributed by atoms with Crippen LogP contribution in [0.1, 0.15) is 117 Å². The highest BCUT2D eigenvalue weighted by Gasteiger charge is 1.94. The van der Waals surface area contributed by atoms with Crippen molar-refractivity contribution in [2.45, 2.75) is 117 Å². The molecule has 0 aromatic heterocycles. The largest absolute Gasteiger partial charge is 0.478 e. The smallest absolute Gasteiger partial charge is 0.330 e. The number of aliphatic hydroxyl groups is 1. The minimum Gasteiger partial charge on any atom is -0.478 e. The number of unbranched alkanes of at least 4 members (excludes halogenated alkanes) is 15. The summed E-state index contributed by atoms with van der Waals surface area (Å²) in [5.74, 6) is -0.935. The lowest BCUT2D eigenvalue weighted by molar-refractivity contribution is -0.132. The zero-order chi connectivity index (χ0) is 19.2. The predicted octanol–water partition coefficient (Wildman–Crippen LogP) is 6.89. The SMILES string of the molecule is C=C(C)C(=O)O.CCCCCCCCCCCCCCCCCCO. The Morgan fingerprint density at radius 3 is 1.12 bits per heavy atom. The molecule has 0 unspecified atom stereocenters. The van der Waals surface area contributed by atoms with E-state index in [1.807, 2.05) is 0 Å². The van der Waals surface area contributed by atoms with E-state index >= 15 is 0 Å². The van der Waals surface area contributed by atoms with Gasteiger partial charge in [-0.1, -0.05) is 110 Å². The normalized spacial score (nSPS) is 10.2. The highest BCUT2D eigenvalue weighted by atomic mass is 16.4. The van der Waals surface area contributed by atoms with Gasteiger partial charge < -0.3 is 10.2 Å². The van der Waals surface area contributed by atoms with E-state index in [0.29, 0.717) is 6.61 Å². The molecule has 2 N–H and O–H groups in total. The first kappa shape index (κ1) is 26.4. The number of carboxylic acids is 1. The first-order valence-corrected chi connectivity index (χ1v) is 10.6. The van der Waals surface area contributed by atoms with Crippen LogP contribution >= 0.6 is 0 Å². The number of aliphatic hydroxyl groups excluding tert-OH is 1. The Hall–Kier alpha value is -0.830. The molecule has 0 atom stereocenters. The lowest BCUT2D eigenvalue weighted by Crippen LogP contribution is -1.92. The summed E-state index contributed by atoms with van der Waals surface area (Å²) in [7, 11) is 0. The van der Waals surface area contributed by atoms with Gasteiger partial charge in [0.05, 0.1) is 0 Å². The molecule has 0 saturated carbocycles. The first-order chi connectivity index (χ1) is 12.1. The van der Waals surface area contributed by atoms with Crippen LogP contribution in [-0.4, -0.2) is 22.8 Å². The Bertz CT molecular complexity index is 259. The lowest BCUT2D eigenvalue weighted by Gasteiger charge is -2.03. The molecule has 0 aliphatic heterocycles. The maximum absolute atomic E-state index is 9.60. The minimum absolute atomic E-state index is 0.176. The van der Waals surface area contributed by atoms with Crippen LogP contribution in [0.25, 0.3) is 0 Å². The summed E-state index contributed by atoms with van der Waals surface area (Å²) >= 11 is 0. The van der Waals surface area contributed by atoms with E-state index in [1.165, 1.54) is 103 Å². The Labute approximate surface area is 156 Å². The average Bonchev–Trinajstić information content (AvgIpc) is 2.59. The van der Waals surface area contributed by atoms with Gasteiger partial charge in [0.25, 0.3) is 0 Å². The fourth-order valence-electron chi connectivity index (χ4n) is 2.66. The number of aliphatic carboxylic acids is 1. The highest BCUT2D eigenvalue weighted by molar-refractivity contribution is 5.84. The monoisotopic (exact) mass is 356 g/mol. The van der Waals surface area contributed by atoms with Crippen molar-refractivity contribution in [3.63, 3.8) is 0 Å². The van der Waals surface area contributed by atoms with Crippen molar-refractivity contribution in [2.75, 3.05) is 6.61 Å². The number of rotatable bonds is 17. The molecule has 150 valence electrons. The summed E-state index contributed by atoms with van der Waals surface area (Å²) in [5, 5.41) is 16.6. The molecule has 3 nitrogen and oxygen atoms in total. The standard InChI is InChI=1S/C18H38O.C4H6O2/c1-2-3-4-5-6-7-8-9-10-11-12-13-14-15-16-17-18-19;1-3(2)4(5)6/h19H,2-18H2,1H3;1H2,2H3,(H,5,6). The average molecular weight is 357 g/mol. The van der Waals surface area contributed by atoms with Crippen LogP contribution in [0, 0.1) is 0 Å². The third-order valence-corrected chi connectivity index (χ3v) is 4.38. The molecule has 0 saturated heterocycles. The molecule has 25 heavy (non-hydrogen) atoms. The van der Waals surface area contributed by atoms with Gasteiger partial charge in [-0.25, -0.2) is 4.79 Å². The molecule has 3 heteroatoms. The zero-order valence-electron chi connectivity index (χ0n) is 17.0. The van der Waals surface area contributed by atoms with E-state index in [0.717, 1.165) is 6.42 Å². The van der Waals surface area contributed by atoms with Crippen LogP contribution in [0.2, 0.25) is 0 Å². The van der Waals surface area contributed by atoms with E-state index in [4.69, 9.17) is 10.2 Å². The molecular formula is C22H44O3. The second kappa shape index (κ2) is 23.2. The van der Waals surface area contributed by atoms with Crippen molar-refractivity contribution in [2.24, 2.45) is 0 Å². The van der Waals surface area contributed by atoms with Gasteiger partial charge in [-0.05, 0) is 13.3 Å². The molecule has 0 spiro atoms. The molecule has 0 aliphatic carbocycles. The van der Waals surface area contributed by atoms with Crippen molar-refractivity contribution >= 4 is 5.97 Å². The van der Waals surface area contributed by atoms with Crippen molar-refractivity contribution in [1.82, 2.24) is 0 Å².